The molecule has 0 amide bonds. The normalized spacial score (nSPS) is 19.5. The van der Waals surface area contributed by atoms with Crippen molar-refractivity contribution < 1.29 is 25.9 Å². The van der Waals surface area contributed by atoms with Crippen LogP contribution in [0.15, 0.2) is 94.2 Å². The molecule has 2 aromatic heterocycles. The Hall–Kier alpha value is -1.62. The molecule has 2 nitrogen and oxygen atoms in total. The zero-order valence-corrected chi connectivity index (χ0v) is 26.4. The van der Waals surface area contributed by atoms with Crippen LogP contribution in [0.4, 0.5) is 0 Å². The fourth-order valence-electron chi connectivity index (χ4n) is 6.41. The second kappa shape index (κ2) is 14.8. The average molecular weight is 601 g/mol. The van der Waals surface area contributed by atoms with E-state index in [-0.39, 0.29) is 17.1 Å². The maximum Gasteiger partial charge on any atom is 0.133 e. The Labute approximate surface area is 248 Å². The van der Waals surface area contributed by atoms with E-state index in [4.69, 9.17) is 8.83 Å². The molecule has 0 spiro atoms. The number of aryl methyl sites for hydroxylation is 2. The van der Waals surface area contributed by atoms with Gasteiger partial charge in [0.1, 0.15) is 11.0 Å². The minimum absolute atomic E-state index is 0. The fourth-order valence-corrected chi connectivity index (χ4v) is 12.8. The van der Waals surface area contributed by atoms with Crippen LogP contribution in [0.25, 0.3) is 0 Å². The molecule has 2 aromatic carbocycles. The molecule has 0 aliphatic heterocycles. The molecule has 0 N–H and O–H groups in total. The summed E-state index contributed by atoms with van der Waals surface area (Å²) in [5.74, 6) is 0.636. The van der Waals surface area contributed by atoms with Crippen molar-refractivity contribution in [1.82, 2.24) is 0 Å². The SMILES string of the molecule is C1CCCC1.Cc1ccccc1P(c1ccccc1C)C(C)C1CCCC1P(c1ccco1)c1ccco1.[Fe]. The molecule has 0 saturated heterocycles. The van der Waals surface area contributed by atoms with E-state index < -0.39 is 15.8 Å². The zero-order valence-electron chi connectivity index (χ0n) is 23.5. The van der Waals surface area contributed by atoms with Crippen molar-refractivity contribution in [2.75, 3.05) is 0 Å². The first-order valence-electron chi connectivity index (χ1n) is 14.4. The molecule has 4 aromatic rings. The molecule has 2 aliphatic carbocycles. The number of hydrogen-bond acceptors (Lipinski definition) is 2. The third-order valence-electron chi connectivity index (χ3n) is 8.38. The summed E-state index contributed by atoms with van der Waals surface area (Å²) >= 11 is 0. The van der Waals surface area contributed by atoms with Gasteiger partial charge in [0.05, 0.1) is 12.5 Å². The van der Waals surface area contributed by atoms with Crippen molar-refractivity contribution in [2.45, 2.75) is 83.5 Å². The van der Waals surface area contributed by atoms with Crippen molar-refractivity contribution in [1.29, 1.82) is 0 Å². The Morgan fingerprint density at radius 3 is 1.56 bits per heavy atom. The maximum absolute atomic E-state index is 6.00. The third-order valence-corrected chi connectivity index (χ3v) is 14.4. The van der Waals surface area contributed by atoms with Crippen molar-refractivity contribution in [3.63, 3.8) is 0 Å². The third kappa shape index (κ3) is 7.18. The summed E-state index contributed by atoms with van der Waals surface area (Å²) < 4.78 is 12.0. The number of benzene rings is 2. The van der Waals surface area contributed by atoms with Gasteiger partial charge in [-0.25, -0.2) is 0 Å². The van der Waals surface area contributed by atoms with Crippen LogP contribution in [0.1, 0.15) is 69.4 Å². The van der Waals surface area contributed by atoms with Crippen molar-refractivity contribution >= 4 is 37.5 Å². The minimum Gasteiger partial charge on any atom is -0.464 e. The van der Waals surface area contributed by atoms with Gasteiger partial charge < -0.3 is 8.83 Å². The van der Waals surface area contributed by atoms with Gasteiger partial charge >= 0.3 is 0 Å². The van der Waals surface area contributed by atoms with Gasteiger partial charge in [0.2, 0.25) is 0 Å². The van der Waals surface area contributed by atoms with E-state index in [9.17, 15) is 0 Å². The van der Waals surface area contributed by atoms with Crippen molar-refractivity contribution in [3.8, 4) is 0 Å². The number of rotatable bonds is 7. The molecule has 2 aliphatic rings. The van der Waals surface area contributed by atoms with E-state index >= 15 is 0 Å². The summed E-state index contributed by atoms with van der Waals surface area (Å²) in [7, 11) is -1.13. The first-order chi connectivity index (χ1) is 18.6. The van der Waals surface area contributed by atoms with Gasteiger partial charge in [-0.1, -0.05) is 94.0 Å². The Morgan fingerprint density at radius 2 is 1.13 bits per heavy atom. The van der Waals surface area contributed by atoms with Crippen LogP contribution < -0.4 is 21.6 Å². The number of furan rings is 2. The Kier molecular flexibility index (Phi) is 11.6. The molecule has 39 heavy (non-hydrogen) atoms. The van der Waals surface area contributed by atoms with Crippen molar-refractivity contribution in [2.24, 2.45) is 5.92 Å². The molecule has 2 fully saturated rings. The van der Waals surface area contributed by atoms with Crippen LogP contribution in [-0.4, -0.2) is 11.3 Å². The smallest absolute Gasteiger partial charge is 0.133 e. The Bertz CT molecular complexity index is 1160. The summed E-state index contributed by atoms with van der Waals surface area (Å²) in [5, 5.41) is 3.06. The van der Waals surface area contributed by atoms with Crippen LogP contribution in [-0.2, 0) is 17.1 Å². The zero-order chi connectivity index (χ0) is 26.3. The molecule has 3 unspecified atom stereocenters. The molecular formula is C34H42FeO2P2. The average Bonchev–Trinajstić information content (AvgIpc) is 3.77. The van der Waals surface area contributed by atoms with E-state index in [1.165, 1.54) is 73.1 Å². The second-order valence-electron chi connectivity index (χ2n) is 10.9. The van der Waals surface area contributed by atoms with Gasteiger partial charge in [-0.15, -0.1) is 0 Å². The monoisotopic (exact) mass is 600 g/mol. The summed E-state index contributed by atoms with van der Waals surface area (Å²) in [6.07, 6.45) is 14.9. The largest absolute Gasteiger partial charge is 0.464 e. The van der Waals surface area contributed by atoms with Gasteiger partial charge in [0.25, 0.3) is 0 Å². The van der Waals surface area contributed by atoms with Crippen LogP contribution in [0.3, 0.4) is 0 Å². The predicted octanol–water partition coefficient (Wildman–Crippen LogP) is 8.56. The molecule has 0 radical (unpaired) electrons. The topological polar surface area (TPSA) is 26.3 Å². The Morgan fingerprint density at radius 1 is 0.641 bits per heavy atom. The second-order valence-corrected chi connectivity index (χ2v) is 15.7. The summed E-state index contributed by atoms with van der Waals surface area (Å²) in [4.78, 5) is 0. The minimum atomic E-state index is -0.651. The van der Waals surface area contributed by atoms with Gasteiger partial charge in [-0.2, -0.15) is 0 Å². The molecule has 2 saturated carbocycles. The molecular weight excluding hydrogens is 558 g/mol. The van der Waals surface area contributed by atoms with Gasteiger partial charge in [0, 0.05) is 25.0 Å². The summed E-state index contributed by atoms with van der Waals surface area (Å²) in [5.41, 5.74) is 6.16. The summed E-state index contributed by atoms with van der Waals surface area (Å²) in [6.45, 7) is 7.08. The molecule has 3 atom stereocenters. The Balaban J connectivity index is 0.000000530. The maximum atomic E-state index is 6.00. The van der Waals surface area contributed by atoms with Crippen LogP contribution in [0, 0.1) is 19.8 Å². The quantitative estimate of drug-likeness (QED) is 0.157. The molecule has 5 heteroatoms. The van der Waals surface area contributed by atoms with Gasteiger partial charge in [-0.05, 0) is 97.8 Å². The predicted molar refractivity (Wildman–Crippen MR) is 166 cm³/mol. The molecule has 2 heterocycles. The van der Waals surface area contributed by atoms with Crippen molar-refractivity contribution in [3.05, 3.63) is 96.4 Å². The fraction of sp³-hybridized carbons (Fsp3) is 0.412. The van der Waals surface area contributed by atoms with Crippen LogP contribution >= 0.6 is 15.8 Å². The van der Waals surface area contributed by atoms with Crippen LogP contribution in [0.2, 0.25) is 0 Å². The van der Waals surface area contributed by atoms with E-state index in [2.05, 4.69) is 81.4 Å². The first kappa shape index (κ1) is 30.3. The standard InChI is InChI=1S/C29H32O2P2.C5H10.Fe/c1-21-11-4-6-14-25(21)32(26-15-7-5-12-22(26)2)23(3)24-13-8-16-27(24)33(28-17-9-19-30-28)29-18-10-20-31-29;1-2-4-5-3-1;/h4-7,9-12,14-15,17-20,23-24,27H,8,13,16H2,1-3H3;1-5H2;. The summed E-state index contributed by atoms with van der Waals surface area (Å²) in [6, 6.07) is 26.4. The molecule has 0 bridgehead atoms. The van der Waals surface area contributed by atoms with Gasteiger partial charge in [-0.3, -0.25) is 0 Å². The first-order valence-corrected chi connectivity index (χ1v) is 17.2. The molecule has 208 valence electrons. The van der Waals surface area contributed by atoms with Crippen LogP contribution in [0.5, 0.6) is 0 Å². The van der Waals surface area contributed by atoms with Gasteiger partial charge in [0.15, 0.2) is 0 Å². The van der Waals surface area contributed by atoms with E-state index in [0.29, 0.717) is 17.2 Å². The van der Waals surface area contributed by atoms with E-state index in [1.54, 1.807) is 0 Å². The van der Waals surface area contributed by atoms with E-state index in [0.717, 1.165) is 11.0 Å². The number of hydrogen-bond donors (Lipinski definition) is 0. The van der Waals surface area contributed by atoms with E-state index in [1.807, 2.05) is 24.7 Å². The molecule has 6 rings (SSSR count).